The molecule has 6 heteroatoms. The number of rotatable bonds is 4. The number of aromatic nitrogens is 2. The summed E-state index contributed by atoms with van der Waals surface area (Å²) in [7, 11) is 0. The van der Waals surface area contributed by atoms with Crippen LogP contribution in [0.2, 0.25) is 0 Å². The van der Waals surface area contributed by atoms with Crippen LogP contribution in [0.15, 0.2) is 4.47 Å². The Morgan fingerprint density at radius 2 is 2.30 bits per heavy atom. The summed E-state index contributed by atoms with van der Waals surface area (Å²) in [4.78, 5) is 12.1. The Morgan fingerprint density at radius 1 is 1.55 bits per heavy atom. The van der Waals surface area contributed by atoms with Crippen molar-refractivity contribution in [1.29, 1.82) is 0 Å². The van der Waals surface area contributed by atoms with Crippen LogP contribution in [-0.4, -0.2) is 33.9 Å². The zero-order valence-corrected chi connectivity index (χ0v) is 13.5. The first kappa shape index (κ1) is 15.5. The van der Waals surface area contributed by atoms with Crippen molar-refractivity contribution in [3.63, 3.8) is 0 Å². The summed E-state index contributed by atoms with van der Waals surface area (Å²) >= 11 is 3.43. The molecule has 1 aliphatic rings. The summed E-state index contributed by atoms with van der Waals surface area (Å²) in [5.74, 6) is 0.483. The molecule has 1 saturated carbocycles. The number of hydrogen-bond donors (Lipinski definition) is 3. The number of aliphatic hydroxyl groups is 1. The SMILES string of the molecule is CC(C)c1[nH]nc(C(=O)NCC2CCCC(O)C2)c1Br. The Balaban J connectivity index is 1.92. The number of carbonyl (C=O) groups is 1. The molecule has 0 radical (unpaired) electrons. The lowest BCUT2D eigenvalue weighted by molar-refractivity contribution is 0.0869. The van der Waals surface area contributed by atoms with Gasteiger partial charge in [0.05, 0.1) is 16.3 Å². The minimum absolute atomic E-state index is 0.167. The molecule has 1 amide bonds. The van der Waals surface area contributed by atoms with Gasteiger partial charge in [-0.3, -0.25) is 9.89 Å². The summed E-state index contributed by atoms with van der Waals surface area (Å²) in [6.07, 6.45) is 3.55. The third-order valence-corrected chi connectivity index (χ3v) is 4.63. The normalized spacial score (nSPS) is 23.1. The van der Waals surface area contributed by atoms with Gasteiger partial charge in [-0.05, 0) is 47.0 Å². The van der Waals surface area contributed by atoms with E-state index in [0.29, 0.717) is 18.2 Å². The summed E-state index contributed by atoms with van der Waals surface area (Å²) in [6.45, 7) is 4.69. The van der Waals surface area contributed by atoms with E-state index in [4.69, 9.17) is 0 Å². The second kappa shape index (κ2) is 6.72. The number of nitrogens with zero attached hydrogens (tertiary/aromatic N) is 1. The summed E-state index contributed by atoms with van der Waals surface area (Å²) in [5, 5.41) is 19.5. The molecule has 2 rings (SSSR count). The van der Waals surface area contributed by atoms with E-state index in [1.54, 1.807) is 0 Å². The lowest BCUT2D eigenvalue weighted by Crippen LogP contribution is -2.33. The van der Waals surface area contributed by atoms with Crippen molar-refractivity contribution in [2.24, 2.45) is 5.92 Å². The third-order valence-electron chi connectivity index (χ3n) is 3.83. The largest absolute Gasteiger partial charge is 0.393 e. The number of hydrogen-bond acceptors (Lipinski definition) is 3. The maximum absolute atomic E-state index is 12.1. The Bertz CT molecular complexity index is 473. The molecule has 1 aromatic heterocycles. The molecule has 3 N–H and O–H groups in total. The van der Waals surface area contributed by atoms with Gasteiger partial charge < -0.3 is 10.4 Å². The first-order valence-corrected chi connectivity index (χ1v) is 7.98. The van der Waals surface area contributed by atoms with Crippen molar-refractivity contribution in [2.45, 2.75) is 51.6 Å². The second-order valence-electron chi connectivity index (χ2n) is 5.85. The van der Waals surface area contributed by atoms with Crippen LogP contribution in [0.25, 0.3) is 0 Å². The quantitative estimate of drug-likeness (QED) is 0.786. The number of halogens is 1. The van der Waals surface area contributed by atoms with Crippen LogP contribution >= 0.6 is 15.9 Å². The molecule has 0 aromatic carbocycles. The topological polar surface area (TPSA) is 78.0 Å². The molecule has 0 spiro atoms. The van der Waals surface area contributed by atoms with E-state index >= 15 is 0 Å². The Morgan fingerprint density at radius 3 is 2.90 bits per heavy atom. The highest BCUT2D eigenvalue weighted by atomic mass is 79.9. The zero-order chi connectivity index (χ0) is 14.7. The van der Waals surface area contributed by atoms with Gasteiger partial charge in [-0.15, -0.1) is 0 Å². The highest BCUT2D eigenvalue weighted by Crippen LogP contribution is 2.26. The fourth-order valence-electron chi connectivity index (χ4n) is 2.64. The van der Waals surface area contributed by atoms with Crippen LogP contribution in [-0.2, 0) is 0 Å². The van der Waals surface area contributed by atoms with Crippen molar-refractivity contribution >= 4 is 21.8 Å². The van der Waals surface area contributed by atoms with E-state index in [-0.39, 0.29) is 17.9 Å². The van der Waals surface area contributed by atoms with Crippen LogP contribution < -0.4 is 5.32 Å². The van der Waals surface area contributed by atoms with Gasteiger partial charge in [-0.1, -0.05) is 20.3 Å². The van der Waals surface area contributed by atoms with Crippen LogP contribution in [0.1, 0.15) is 61.6 Å². The van der Waals surface area contributed by atoms with E-state index in [0.717, 1.165) is 35.8 Å². The molecule has 20 heavy (non-hydrogen) atoms. The third kappa shape index (κ3) is 3.61. The molecule has 0 saturated heterocycles. The molecule has 1 aromatic rings. The lowest BCUT2D eigenvalue weighted by Gasteiger charge is -2.25. The molecule has 0 bridgehead atoms. The average molecular weight is 344 g/mol. The van der Waals surface area contributed by atoms with E-state index in [1.165, 1.54) is 0 Å². The number of amides is 1. The number of carbonyl (C=O) groups excluding carboxylic acids is 1. The maximum Gasteiger partial charge on any atom is 0.272 e. The van der Waals surface area contributed by atoms with Gasteiger partial charge in [0.25, 0.3) is 5.91 Å². The highest BCUT2D eigenvalue weighted by Gasteiger charge is 2.23. The molecule has 5 nitrogen and oxygen atoms in total. The number of H-pyrrole nitrogens is 1. The van der Waals surface area contributed by atoms with Gasteiger partial charge in [0.15, 0.2) is 5.69 Å². The van der Waals surface area contributed by atoms with Crippen molar-refractivity contribution in [3.05, 3.63) is 15.9 Å². The lowest BCUT2D eigenvalue weighted by atomic mass is 9.87. The Kier molecular flexibility index (Phi) is 5.21. The van der Waals surface area contributed by atoms with Crippen molar-refractivity contribution < 1.29 is 9.90 Å². The molecule has 0 aliphatic heterocycles. The average Bonchev–Trinajstić information content (AvgIpc) is 2.78. The number of aliphatic hydroxyl groups excluding tert-OH is 1. The van der Waals surface area contributed by atoms with E-state index in [9.17, 15) is 9.90 Å². The fourth-order valence-corrected chi connectivity index (χ4v) is 3.46. The van der Waals surface area contributed by atoms with Crippen molar-refractivity contribution in [1.82, 2.24) is 15.5 Å². The smallest absolute Gasteiger partial charge is 0.272 e. The molecular weight excluding hydrogens is 322 g/mol. The van der Waals surface area contributed by atoms with E-state index < -0.39 is 0 Å². The van der Waals surface area contributed by atoms with Gasteiger partial charge >= 0.3 is 0 Å². The Hall–Kier alpha value is -0.880. The van der Waals surface area contributed by atoms with Gasteiger partial charge in [0.1, 0.15) is 0 Å². The molecule has 1 fully saturated rings. The number of aromatic amines is 1. The van der Waals surface area contributed by atoms with Crippen molar-refractivity contribution in [3.8, 4) is 0 Å². The summed E-state index contributed by atoms with van der Waals surface area (Å²) in [6, 6.07) is 0. The number of nitrogens with one attached hydrogen (secondary N) is 2. The molecule has 2 atom stereocenters. The Labute approximate surface area is 127 Å². The zero-order valence-electron chi connectivity index (χ0n) is 11.9. The monoisotopic (exact) mass is 343 g/mol. The van der Waals surface area contributed by atoms with Crippen LogP contribution in [0.4, 0.5) is 0 Å². The minimum Gasteiger partial charge on any atom is -0.393 e. The highest BCUT2D eigenvalue weighted by molar-refractivity contribution is 9.10. The standard InChI is InChI=1S/C14H22BrN3O2/c1-8(2)12-11(15)13(18-17-12)14(20)16-7-9-4-3-5-10(19)6-9/h8-10,19H,3-7H2,1-2H3,(H,16,20)(H,17,18). The van der Waals surface area contributed by atoms with E-state index in [2.05, 4.69) is 31.4 Å². The van der Waals surface area contributed by atoms with Crippen LogP contribution in [0.3, 0.4) is 0 Å². The maximum atomic E-state index is 12.1. The van der Waals surface area contributed by atoms with E-state index in [1.807, 2.05) is 13.8 Å². The first-order valence-electron chi connectivity index (χ1n) is 7.19. The predicted molar refractivity (Wildman–Crippen MR) is 80.7 cm³/mol. The molecule has 1 aliphatic carbocycles. The minimum atomic E-state index is -0.213. The molecular formula is C14H22BrN3O2. The fraction of sp³-hybridized carbons (Fsp3) is 0.714. The van der Waals surface area contributed by atoms with Gasteiger partial charge in [0, 0.05) is 6.54 Å². The van der Waals surface area contributed by atoms with Gasteiger partial charge in [-0.25, -0.2) is 0 Å². The molecule has 1 heterocycles. The van der Waals surface area contributed by atoms with Crippen molar-refractivity contribution in [2.75, 3.05) is 6.54 Å². The van der Waals surface area contributed by atoms with Crippen LogP contribution in [0, 0.1) is 5.92 Å². The first-order chi connectivity index (χ1) is 9.49. The van der Waals surface area contributed by atoms with Crippen LogP contribution in [0.5, 0.6) is 0 Å². The molecule has 112 valence electrons. The predicted octanol–water partition coefficient (Wildman–Crippen LogP) is 2.58. The summed E-state index contributed by atoms with van der Waals surface area (Å²) < 4.78 is 0.744. The second-order valence-corrected chi connectivity index (χ2v) is 6.64. The summed E-state index contributed by atoms with van der Waals surface area (Å²) in [5.41, 5.74) is 1.34. The molecule has 2 unspecified atom stereocenters. The van der Waals surface area contributed by atoms with Gasteiger partial charge in [0.2, 0.25) is 0 Å². The van der Waals surface area contributed by atoms with Gasteiger partial charge in [-0.2, -0.15) is 5.10 Å².